The number of para-hydroxylation sites is 1. The minimum absolute atomic E-state index is 0.0143. The first-order chi connectivity index (χ1) is 18.2. The molecule has 1 fully saturated rings. The standard InChI is InChI=1S/C25H33N5O7S/c1-38-10-8-18(28-24(35)19(12-21(31)32)29-22(33)17-7-4-9-26-17)23(34)30-20(25(36)37)11-14-13-27-16-6-3-2-5-15(14)16/h2-3,5-6,13,17-20,26-27H,4,7-12H2,1H3,(H,28,35)(H,29,33)(H,30,34)(H,31,32)(H,36,37). The molecule has 12 nitrogen and oxygen atoms in total. The Morgan fingerprint density at radius 1 is 1.03 bits per heavy atom. The number of aliphatic carboxylic acids is 2. The van der Waals surface area contributed by atoms with Crippen LogP contribution in [-0.2, 0) is 30.4 Å². The van der Waals surface area contributed by atoms with Gasteiger partial charge in [-0.25, -0.2) is 4.79 Å². The van der Waals surface area contributed by atoms with E-state index >= 15 is 0 Å². The number of hydrogen-bond donors (Lipinski definition) is 7. The Balaban J connectivity index is 1.71. The number of amides is 3. The van der Waals surface area contributed by atoms with Gasteiger partial charge < -0.3 is 36.5 Å². The van der Waals surface area contributed by atoms with E-state index in [4.69, 9.17) is 0 Å². The number of carbonyl (C=O) groups excluding carboxylic acids is 3. The maximum absolute atomic E-state index is 13.1. The van der Waals surface area contributed by atoms with Crippen molar-refractivity contribution in [2.24, 2.45) is 0 Å². The van der Waals surface area contributed by atoms with Gasteiger partial charge in [-0.2, -0.15) is 11.8 Å². The maximum atomic E-state index is 13.1. The first-order valence-corrected chi connectivity index (χ1v) is 13.7. The van der Waals surface area contributed by atoms with Crippen LogP contribution in [0, 0.1) is 0 Å². The van der Waals surface area contributed by atoms with E-state index in [1.165, 1.54) is 11.8 Å². The number of carboxylic acid groups (broad SMARTS) is 2. The average molecular weight is 548 g/mol. The molecule has 206 valence electrons. The molecule has 38 heavy (non-hydrogen) atoms. The molecule has 2 heterocycles. The van der Waals surface area contributed by atoms with Crippen LogP contribution in [0.2, 0.25) is 0 Å². The average Bonchev–Trinajstić information content (AvgIpc) is 3.56. The molecule has 2 aromatic rings. The summed E-state index contributed by atoms with van der Waals surface area (Å²) in [6, 6.07) is 3.08. The summed E-state index contributed by atoms with van der Waals surface area (Å²) in [5.74, 6) is -4.08. The molecule has 4 atom stereocenters. The number of H-pyrrole nitrogens is 1. The minimum atomic E-state index is -1.39. The zero-order chi connectivity index (χ0) is 27.7. The summed E-state index contributed by atoms with van der Waals surface area (Å²) in [6.07, 6.45) is 4.39. The van der Waals surface area contributed by atoms with Gasteiger partial charge in [0.05, 0.1) is 12.5 Å². The summed E-state index contributed by atoms with van der Waals surface area (Å²) in [7, 11) is 0. The number of carbonyl (C=O) groups is 5. The van der Waals surface area contributed by atoms with Crippen LogP contribution in [0.1, 0.15) is 31.2 Å². The summed E-state index contributed by atoms with van der Waals surface area (Å²) >= 11 is 1.43. The molecule has 0 aliphatic carbocycles. The second-order valence-electron chi connectivity index (χ2n) is 9.11. The number of aromatic amines is 1. The van der Waals surface area contributed by atoms with E-state index in [1.807, 2.05) is 30.5 Å². The number of benzene rings is 1. The van der Waals surface area contributed by atoms with Gasteiger partial charge in [0.2, 0.25) is 17.7 Å². The number of hydrogen-bond acceptors (Lipinski definition) is 7. The number of rotatable bonds is 14. The topological polar surface area (TPSA) is 190 Å². The molecule has 3 amide bonds. The number of fused-ring (bicyclic) bond motifs is 1. The van der Waals surface area contributed by atoms with Gasteiger partial charge in [0.25, 0.3) is 0 Å². The monoisotopic (exact) mass is 547 g/mol. The zero-order valence-electron chi connectivity index (χ0n) is 21.0. The van der Waals surface area contributed by atoms with E-state index in [-0.39, 0.29) is 12.8 Å². The molecule has 13 heteroatoms. The lowest BCUT2D eigenvalue weighted by molar-refractivity contribution is -0.143. The molecule has 0 spiro atoms. The SMILES string of the molecule is CSCCC(NC(=O)C(CC(=O)O)NC(=O)C1CCCN1)C(=O)NC(Cc1c[nH]c2ccccc12)C(=O)O. The van der Waals surface area contributed by atoms with E-state index < -0.39 is 60.2 Å². The van der Waals surface area contributed by atoms with Crippen LogP contribution in [0.4, 0.5) is 0 Å². The fourth-order valence-corrected chi connectivity index (χ4v) is 4.81. The van der Waals surface area contributed by atoms with Crippen LogP contribution in [-0.4, -0.2) is 87.6 Å². The van der Waals surface area contributed by atoms with E-state index in [1.54, 1.807) is 6.20 Å². The molecule has 0 bridgehead atoms. The van der Waals surface area contributed by atoms with Crippen molar-refractivity contribution in [2.45, 2.75) is 56.3 Å². The van der Waals surface area contributed by atoms with Gasteiger partial charge in [-0.3, -0.25) is 19.2 Å². The lowest BCUT2D eigenvalue weighted by Crippen LogP contribution is -2.57. The Hall–Kier alpha value is -3.58. The molecule has 1 aromatic heterocycles. The summed E-state index contributed by atoms with van der Waals surface area (Å²) in [5.41, 5.74) is 1.55. The summed E-state index contributed by atoms with van der Waals surface area (Å²) in [4.78, 5) is 65.1. The van der Waals surface area contributed by atoms with Crippen LogP contribution in [0.15, 0.2) is 30.5 Å². The molecule has 4 unspecified atom stereocenters. The predicted octanol–water partition coefficient (Wildman–Crippen LogP) is 0.229. The lowest BCUT2D eigenvalue weighted by atomic mass is 10.0. The molecule has 7 N–H and O–H groups in total. The highest BCUT2D eigenvalue weighted by Crippen LogP contribution is 2.19. The van der Waals surface area contributed by atoms with Crippen molar-refractivity contribution < 1.29 is 34.2 Å². The van der Waals surface area contributed by atoms with Crippen molar-refractivity contribution in [1.82, 2.24) is 26.3 Å². The summed E-state index contributed by atoms with van der Waals surface area (Å²) in [5, 5.41) is 30.4. The molecule has 3 rings (SSSR count). The highest BCUT2D eigenvalue weighted by Gasteiger charge is 2.32. The summed E-state index contributed by atoms with van der Waals surface area (Å²) in [6.45, 7) is 0.647. The van der Waals surface area contributed by atoms with E-state index in [0.29, 0.717) is 24.3 Å². The van der Waals surface area contributed by atoms with Gasteiger partial charge in [-0.05, 0) is 49.4 Å². The number of carboxylic acids is 2. The van der Waals surface area contributed by atoms with Crippen molar-refractivity contribution in [3.05, 3.63) is 36.0 Å². The van der Waals surface area contributed by atoms with E-state index in [9.17, 15) is 34.2 Å². The van der Waals surface area contributed by atoms with Crippen LogP contribution in [0.25, 0.3) is 10.9 Å². The van der Waals surface area contributed by atoms with Gasteiger partial charge in [-0.15, -0.1) is 0 Å². The Kier molecular flexibility index (Phi) is 10.5. The molecular formula is C25H33N5O7S. The lowest BCUT2D eigenvalue weighted by Gasteiger charge is -2.24. The normalized spacial score (nSPS) is 17.3. The van der Waals surface area contributed by atoms with Crippen molar-refractivity contribution in [3.63, 3.8) is 0 Å². The molecule has 0 saturated carbocycles. The van der Waals surface area contributed by atoms with E-state index in [0.717, 1.165) is 17.3 Å². The van der Waals surface area contributed by atoms with Gasteiger partial charge >= 0.3 is 11.9 Å². The smallest absolute Gasteiger partial charge is 0.326 e. The van der Waals surface area contributed by atoms with Crippen molar-refractivity contribution in [1.29, 1.82) is 0 Å². The molecular weight excluding hydrogens is 514 g/mol. The minimum Gasteiger partial charge on any atom is -0.481 e. The largest absolute Gasteiger partial charge is 0.481 e. The number of thioether (sulfide) groups is 1. The third-order valence-electron chi connectivity index (χ3n) is 6.35. The van der Waals surface area contributed by atoms with Gasteiger partial charge in [0.15, 0.2) is 0 Å². The van der Waals surface area contributed by atoms with Crippen molar-refractivity contribution in [2.75, 3.05) is 18.6 Å². The number of aromatic nitrogens is 1. The van der Waals surface area contributed by atoms with Crippen LogP contribution in [0.5, 0.6) is 0 Å². The van der Waals surface area contributed by atoms with E-state index in [2.05, 4.69) is 26.3 Å². The van der Waals surface area contributed by atoms with Gasteiger partial charge in [0, 0.05) is 23.5 Å². The molecule has 0 radical (unpaired) electrons. The predicted molar refractivity (Wildman–Crippen MR) is 142 cm³/mol. The Morgan fingerprint density at radius 2 is 1.74 bits per heavy atom. The molecule has 1 aromatic carbocycles. The van der Waals surface area contributed by atoms with Crippen LogP contribution in [0.3, 0.4) is 0 Å². The Morgan fingerprint density at radius 3 is 2.39 bits per heavy atom. The first kappa shape index (κ1) is 29.0. The van der Waals surface area contributed by atoms with Crippen molar-refractivity contribution in [3.8, 4) is 0 Å². The zero-order valence-corrected chi connectivity index (χ0v) is 21.8. The third-order valence-corrected chi connectivity index (χ3v) is 6.99. The second kappa shape index (κ2) is 13.8. The molecule has 1 saturated heterocycles. The van der Waals surface area contributed by atoms with Crippen LogP contribution >= 0.6 is 11.8 Å². The van der Waals surface area contributed by atoms with Gasteiger partial charge in [-0.1, -0.05) is 18.2 Å². The maximum Gasteiger partial charge on any atom is 0.326 e. The second-order valence-corrected chi connectivity index (χ2v) is 10.1. The van der Waals surface area contributed by atoms with Gasteiger partial charge in [0.1, 0.15) is 18.1 Å². The highest BCUT2D eigenvalue weighted by atomic mass is 32.2. The highest BCUT2D eigenvalue weighted by molar-refractivity contribution is 7.98. The Labute approximate surface area is 223 Å². The quantitative estimate of drug-likeness (QED) is 0.174. The summed E-state index contributed by atoms with van der Waals surface area (Å²) < 4.78 is 0. The first-order valence-electron chi connectivity index (χ1n) is 12.3. The molecule has 1 aliphatic rings. The third kappa shape index (κ3) is 7.96. The fourth-order valence-electron chi connectivity index (χ4n) is 4.33. The number of nitrogens with one attached hydrogen (secondary N) is 5. The molecule has 1 aliphatic heterocycles. The Bertz CT molecular complexity index is 1160. The van der Waals surface area contributed by atoms with Crippen molar-refractivity contribution >= 4 is 52.3 Å². The van der Waals surface area contributed by atoms with Crippen LogP contribution < -0.4 is 21.3 Å². The fraction of sp³-hybridized carbons (Fsp3) is 0.480.